The molecule has 7 nitrogen and oxygen atoms in total. The Balaban J connectivity index is 1.73. The second kappa shape index (κ2) is 9.02. The Morgan fingerprint density at radius 3 is 2.83 bits per heavy atom. The fourth-order valence-electron chi connectivity index (χ4n) is 2.36. The lowest BCUT2D eigenvalue weighted by molar-refractivity contribution is -0.385. The number of nitrogens with one attached hydrogen (secondary N) is 1. The van der Waals surface area contributed by atoms with Crippen LogP contribution in [0.25, 0.3) is 6.08 Å². The quantitative estimate of drug-likeness (QED) is 0.356. The van der Waals surface area contributed by atoms with E-state index in [1.54, 1.807) is 18.2 Å². The van der Waals surface area contributed by atoms with Gasteiger partial charge >= 0.3 is 0 Å². The first-order valence-electron chi connectivity index (χ1n) is 7.66. The molecule has 1 aliphatic rings. The molecule has 1 N–H and O–H groups in total. The standard InChI is InChI=1S/C16H21N3O4/c20-16(17-8-3-9-18-10-12-23-13-11-18)7-6-14-4-1-2-5-15(14)19(21)22/h1-2,4-7H,3,8-13H2,(H,17,20). The SMILES string of the molecule is O=C(C=Cc1ccccc1[N+](=O)[O-])NCCCN1CCOCC1. The number of carbonyl (C=O) groups is 1. The first-order chi connectivity index (χ1) is 11.2. The van der Waals surface area contributed by atoms with Crippen LogP contribution in [0.1, 0.15) is 12.0 Å². The van der Waals surface area contributed by atoms with Gasteiger partial charge in [-0.15, -0.1) is 0 Å². The number of amides is 1. The maximum absolute atomic E-state index is 11.7. The monoisotopic (exact) mass is 319 g/mol. The summed E-state index contributed by atoms with van der Waals surface area (Å²) in [6, 6.07) is 6.33. The van der Waals surface area contributed by atoms with Crippen molar-refractivity contribution in [2.24, 2.45) is 0 Å². The molecule has 0 aromatic heterocycles. The van der Waals surface area contributed by atoms with E-state index in [4.69, 9.17) is 4.74 Å². The number of ether oxygens (including phenoxy) is 1. The van der Waals surface area contributed by atoms with Crippen LogP contribution >= 0.6 is 0 Å². The highest BCUT2D eigenvalue weighted by Gasteiger charge is 2.10. The third-order valence-corrected chi connectivity index (χ3v) is 3.60. The molecule has 23 heavy (non-hydrogen) atoms. The average Bonchev–Trinajstić information content (AvgIpc) is 2.58. The Hall–Kier alpha value is -2.25. The molecule has 1 fully saturated rings. The van der Waals surface area contributed by atoms with Gasteiger partial charge in [-0.25, -0.2) is 0 Å². The molecule has 0 aliphatic carbocycles. The van der Waals surface area contributed by atoms with Crippen LogP contribution in [0.3, 0.4) is 0 Å². The van der Waals surface area contributed by atoms with Crippen molar-refractivity contribution in [1.29, 1.82) is 0 Å². The lowest BCUT2D eigenvalue weighted by Crippen LogP contribution is -2.38. The van der Waals surface area contributed by atoms with Crippen LogP contribution in [-0.2, 0) is 9.53 Å². The third-order valence-electron chi connectivity index (χ3n) is 3.60. The number of nitro groups is 1. The summed E-state index contributed by atoms with van der Waals surface area (Å²) >= 11 is 0. The molecule has 0 unspecified atom stereocenters. The van der Waals surface area contributed by atoms with Gasteiger partial charge in [0.2, 0.25) is 5.91 Å². The summed E-state index contributed by atoms with van der Waals surface area (Å²) in [6.45, 7) is 4.92. The van der Waals surface area contributed by atoms with E-state index in [1.165, 1.54) is 18.2 Å². The third kappa shape index (κ3) is 5.80. The summed E-state index contributed by atoms with van der Waals surface area (Å²) in [5.74, 6) is -0.245. The molecule has 1 aromatic rings. The van der Waals surface area contributed by atoms with Crippen LogP contribution in [0.4, 0.5) is 5.69 Å². The lowest BCUT2D eigenvalue weighted by Gasteiger charge is -2.26. The smallest absolute Gasteiger partial charge is 0.276 e. The molecular weight excluding hydrogens is 298 g/mol. The second-order valence-corrected chi connectivity index (χ2v) is 5.25. The van der Waals surface area contributed by atoms with E-state index in [9.17, 15) is 14.9 Å². The lowest BCUT2D eigenvalue weighted by atomic mass is 10.1. The van der Waals surface area contributed by atoms with E-state index in [2.05, 4.69) is 10.2 Å². The maximum atomic E-state index is 11.7. The average molecular weight is 319 g/mol. The van der Waals surface area contributed by atoms with Gasteiger partial charge in [-0.05, 0) is 25.1 Å². The first-order valence-corrected chi connectivity index (χ1v) is 7.66. The van der Waals surface area contributed by atoms with E-state index >= 15 is 0 Å². The molecule has 2 rings (SSSR count). The summed E-state index contributed by atoms with van der Waals surface area (Å²) < 4.78 is 5.28. The molecule has 124 valence electrons. The van der Waals surface area contributed by atoms with Crippen molar-refractivity contribution in [2.45, 2.75) is 6.42 Å². The minimum Gasteiger partial charge on any atom is -0.379 e. The van der Waals surface area contributed by atoms with Gasteiger partial charge in [0.15, 0.2) is 0 Å². The van der Waals surface area contributed by atoms with Crippen molar-refractivity contribution in [3.05, 3.63) is 46.0 Å². The zero-order chi connectivity index (χ0) is 16.5. The molecule has 1 aromatic carbocycles. The largest absolute Gasteiger partial charge is 0.379 e. The second-order valence-electron chi connectivity index (χ2n) is 5.25. The van der Waals surface area contributed by atoms with Crippen LogP contribution in [0, 0.1) is 10.1 Å². The molecule has 7 heteroatoms. The summed E-state index contributed by atoms with van der Waals surface area (Å²) in [5.41, 5.74) is 0.407. The summed E-state index contributed by atoms with van der Waals surface area (Å²) in [6.07, 6.45) is 3.66. The number of nitrogens with zero attached hydrogens (tertiary/aromatic N) is 2. The Morgan fingerprint density at radius 1 is 1.35 bits per heavy atom. The van der Waals surface area contributed by atoms with E-state index in [0.717, 1.165) is 39.3 Å². The predicted molar refractivity (Wildman–Crippen MR) is 87.0 cm³/mol. The normalized spacial score (nSPS) is 15.7. The van der Waals surface area contributed by atoms with Gasteiger partial charge in [0, 0.05) is 31.8 Å². The first kappa shape index (κ1) is 17.1. The van der Waals surface area contributed by atoms with Gasteiger partial charge in [-0.2, -0.15) is 0 Å². The zero-order valence-electron chi connectivity index (χ0n) is 12.9. The van der Waals surface area contributed by atoms with Crippen molar-refractivity contribution in [2.75, 3.05) is 39.4 Å². The van der Waals surface area contributed by atoms with Crippen LogP contribution < -0.4 is 5.32 Å². The fraction of sp³-hybridized carbons (Fsp3) is 0.438. The highest BCUT2D eigenvalue weighted by atomic mass is 16.6. The van der Waals surface area contributed by atoms with Crippen molar-refractivity contribution in [1.82, 2.24) is 10.2 Å². The Labute approximate surface area is 135 Å². The van der Waals surface area contributed by atoms with Gasteiger partial charge < -0.3 is 10.1 Å². The maximum Gasteiger partial charge on any atom is 0.276 e. The highest BCUT2D eigenvalue weighted by molar-refractivity contribution is 5.92. The molecule has 0 bridgehead atoms. The minimum absolute atomic E-state index is 0.0103. The van der Waals surface area contributed by atoms with Crippen molar-refractivity contribution in [3.8, 4) is 0 Å². The Morgan fingerprint density at radius 2 is 2.09 bits per heavy atom. The summed E-state index contributed by atoms with van der Waals surface area (Å²) in [5, 5.41) is 13.7. The fourth-order valence-corrected chi connectivity index (χ4v) is 2.36. The van der Waals surface area contributed by atoms with E-state index in [-0.39, 0.29) is 11.6 Å². The van der Waals surface area contributed by atoms with Gasteiger partial charge in [0.1, 0.15) is 0 Å². The Kier molecular flexibility index (Phi) is 6.71. The number of hydrogen-bond acceptors (Lipinski definition) is 5. The van der Waals surface area contributed by atoms with Gasteiger partial charge in [-0.3, -0.25) is 19.8 Å². The number of carbonyl (C=O) groups excluding carboxylic acids is 1. The molecule has 1 heterocycles. The van der Waals surface area contributed by atoms with E-state index in [1.807, 2.05) is 0 Å². The minimum atomic E-state index is -0.458. The van der Waals surface area contributed by atoms with E-state index in [0.29, 0.717) is 12.1 Å². The number of para-hydroxylation sites is 1. The van der Waals surface area contributed by atoms with Gasteiger partial charge in [-0.1, -0.05) is 12.1 Å². The van der Waals surface area contributed by atoms with Crippen LogP contribution in [0.2, 0.25) is 0 Å². The van der Waals surface area contributed by atoms with Crippen molar-refractivity contribution in [3.63, 3.8) is 0 Å². The number of morpholine rings is 1. The topological polar surface area (TPSA) is 84.7 Å². The number of benzene rings is 1. The highest BCUT2D eigenvalue weighted by Crippen LogP contribution is 2.18. The molecule has 1 aliphatic heterocycles. The molecule has 1 amide bonds. The van der Waals surface area contributed by atoms with Crippen LogP contribution in [0.15, 0.2) is 30.3 Å². The van der Waals surface area contributed by atoms with Crippen molar-refractivity contribution >= 4 is 17.7 Å². The molecular formula is C16H21N3O4. The van der Waals surface area contributed by atoms with Crippen molar-refractivity contribution < 1.29 is 14.5 Å². The van der Waals surface area contributed by atoms with Crippen LogP contribution in [0.5, 0.6) is 0 Å². The van der Waals surface area contributed by atoms with E-state index < -0.39 is 4.92 Å². The Bertz CT molecular complexity index is 568. The van der Waals surface area contributed by atoms with Gasteiger partial charge in [0.25, 0.3) is 5.69 Å². The van der Waals surface area contributed by atoms with Gasteiger partial charge in [0.05, 0.1) is 23.7 Å². The van der Waals surface area contributed by atoms with Crippen LogP contribution in [-0.4, -0.2) is 55.1 Å². The zero-order valence-corrected chi connectivity index (χ0v) is 12.9. The molecule has 1 saturated heterocycles. The molecule has 0 spiro atoms. The molecule has 0 radical (unpaired) electrons. The summed E-state index contributed by atoms with van der Waals surface area (Å²) in [4.78, 5) is 24.5. The molecule has 0 saturated carbocycles. The molecule has 0 atom stereocenters. The number of rotatable bonds is 7. The number of nitro benzene ring substituents is 1. The predicted octanol–water partition coefficient (Wildman–Crippen LogP) is 1.45. The number of hydrogen-bond donors (Lipinski definition) is 1. The summed E-state index contributed by atoms with van der Waals surface area (Å²) in [7, 11) is 0.